The number of aryl methyl sites for hydroxylation is 2. The molecule has 0 heterocycles. The molecule has 0 fully saturated rings. The van der Waals surface area contributed by atoms with Gasteiger partial charge >= 0.3 is 11.8 Å². The molecule has 0 aromatic heterocycles. The van der Waals surface area contributed by atoms with Crippen molar-refractivity contribution >= 4 is 57.2 Å². The van der Waals surface area contributed by atoms with Crippen LogP contribution in [-0.2, 0) is 19.1 Å². The smallest absolute Gasteiger partial charge is 0.329 e. The molecule has 2 aromatic carbocycles. The minimum absolute atomic E-state index is 0.195. The highest BCUT2D eigenvalue weighted by Crippen LogP contribution is 2.25. The summed E-state index contributed by atoms with van der Waals surface area (Å²) in [6, 6.07) is 8.53. The lowest BCUT2D eigenvalue weighted by Gasteiger charge is -2.13. The molecule has 176 valence electrons. The molecule has 11 heteroatoms. The zero-order chi connectivity index (χ0) is 24.4. The number of nitrogens with one attached hydrogen (secondary N) is 3. The van der Waals surface area contributed by atoms with Gasteiger partial charge in [-0.1, -0.05) is 27.5 Å². The van der Waals surface area contributed by atoms with Gasteiger partial charge in [-0.3, -0.25) is 14.4 Å². The first-order valence-corrected chi connectivity index (χ1v) is 11.0. The van der Waals surface area contributed by atoms with Crippen LogP contribution in [-0.4, -0.2) is 50.8 Å². The number of benzene rings is 2. The quantitative estimate of drug-likeness (QED) is 0.196. The number of anilines is 1. The van der Waals surface area contributed by atoms with E-state index in [0.717, 1.165) is 21.3 Å². The lowest BCUT2D eigenvalue weighted by Crippen LogP contribution is -2.39. The molecule has 0 atom stereocenters. The van der Waals surface area contributed by atoms with E-state index >= 15 is 0 Å². The molecular formula is C22H24BrClN4O5. The highest BCUT2D eigenvalue weighted by molar-refractivity contribution is 9.10. The molecule has 0 aliphatic heterocycles. The zero-order valence-corrected chi connectivity index (χ0v) is 20.7. The average molecular weight is 540 g/mol. The Morgan fingerprint density at radius 3 is 2.48 bits per heavy atom. The Labute approximate surface area is 205 Å². The molecular weight excluding hydrogens is 516 g/mol. The lowest BCUT2D eigenvalue weighted by molar-refractivity contribution is -0.139. The summed E-state index contributed by atoms with van der Waals surface area (Å²) in [5, 5.41) is 9.38. The van der Waals surface area contributed by atoms with Crippen LogP contribution >= 0.6 is 27.5 Å². The third kappa shape index (κ3) is 8.49. The SMILES string of the molecule is COCCNC(=O)C(=O)N/N=C\c1cc(Cl)ccc1OCC(=O)Nc1c(C)cc(Br)cc1C. The third-order valence-corrected chi connectivity index (χ3v) is 4.95. The van der Waals surface area contributed by atoms with Crippen molar-refractivity contribution in [3.8, 4) is 5.75 Å². The van der Waals surface area contributed by atoms with E-state index in [1.54, 1.807) is 18.2 Å². The predicted molar refractivity (Wildman–Crippen MR) is 130 cm³/mol. The van der Waals surface area contributed by atoms with E-state index in [2.05, 4.69) is 37.1 Å². The standard InChI is InChI=1S/C22H24BrClN4O5/c1-13-8-16(23)9-14(2)20(13)27-19(29)12-33-18-5-4-17(24)10-15(18)11-26-28-22(31)21(30)25-6-7-32-3/h4-5,8-11H,6-7,12H2,1-3H3,(H,25,30)(H,27,29)(H,28,31)/b26-11-. The number of hydrazone groups is 1. The Kier molecular flexibility index (Phi) is 10.3. The number of hydrogen-bond acceptors (Lipinski definition) is 6. The van der Waals surface area contributed by atoms with Gasteiger partial charge in [-0.2, -0.15) is 5.10 Å². The molecule has 0 unspecified atom stereocenters. The van der Waals surface area contributed by atoms with Crippen molar-refractivity contribution in [2.24, 2.45) is 5.10 Å². The highest BCUT2D eigenvalue weighted by atomic mass is 79.9. The Morgan fingerprint density at radius 2 is 1.82 bits per heavy atom. The molecule has 0 radical (unpaired) electrons. The zero-order valence-electron chi connectivity index (χ0n) is 18.3. The van der Waals surface area contributed by atoms with Gasteiger partial charge in [0.15, 0.2) is 6.61 Å². The fourth-order valence-corrected chi connectivity index (χ4v) is 3.60. The number of amides is 3. The van der Waals surface area contributed by atoms with E-state index < -0.39 is 11.8 Å². The van der Waals surface area contributed by atoms with Crippen molar-refractivity contribution in [2.45, 2.75) is 13.8 Å². The van der Waals surface area contributed by atoms with Crippen molar-refractivity contribution in [3.05, 3.63) is 56.5 Å². The average Bonchev–Trinajstić information content (AvgIpc) is 2.75. The second kappa shape index (κ2) is 12.9. The van der Waals surface area contributed by atoms with E-state index in [9.17, 15) is 14.4 Å². The molecule has 0 aliphatic rings. The van der Waals surface area contributed by atoms with Gasteiger partial charge in [-0.15, -0.1) is 0 Å². The normalized spacial score (nSPS) is 10.7. The van der Waals surface area contributed by atoms with Crippen LogP contribution in [0.25, 0.3) is 0 Å². The largest absolute Gasteiger partial charge is 0.483 e. The molecule has 3 amide bonds. The summed E-state index contributed by atoms with van der Waals surface area (Å²) in [6.45, 7) is 4.01. The van der Waals surface area contributed by atoms with E-state index in [1.165, 1.54) is 13.3 Å². The van der Waals surface area contributed by atoms with Gasteiger partial charge in [0.2, 0.25) is 0 Å². The van der Waals surface area contributed by atoms with E-state index in [1.807, 2.05) is 26.0 Å². The van der Waals surface area contributed by atoms with Gasteiger partial charge < -0.3 is 20.1 Å². The molecule has 9 nitrogen and oxygen atoms in total. The summed E-state index contributed by atoms with van der Waals surface area (Å²) >= 11 is 9.46. The summed E-state index contributed by atoms with van der Waals surface area (Å²) < 4.78 is 11.3. The number of methoxy groups -OCH3 is 1. The molecule has 3 N–H and O–H groups in total. The molecule has 33 heavy (non-hydrogen) atoms. The first-order chi connectivity index (χ1) is 15.7. The lowest BCUT2D eigenvalue weighted by atomic mass is 10.1. The minimum Gasteiger partial charge on any atom is -0.483 e. The minimum atomic E-state index is -0.938. The van der Waals surface area contributed by atoms with Gasteiger partial charge in [0.25, 0.3) is 5.91 Å². The van der Waals surface area contributed by atoms with Crippen LogP contribution in [0.5, 0.6) is 5.75 Å². The number of carbonyl (C=O) groups is 3. The first-order valence-electron chi connectivity index (χ1n) is 9.80. The Bertz CT molecular complexity index is 1040. The van der Waals surface area contributed by atoms with Gasteiger partial charge in [0.1, 0.15) is 5.75 Å². The van der Waals surface area contributed by atoms with Crippen molar-refractivity contribution in [3.63, 3.8) is 0 Å². The summed E-state index contributed by atoms with van der Waals surface area (Å²) in [6.07, 6.45) is 1.27. The van der Waals surface area contributed by atoms with Gasteiger partial charge in [-0.05, 0) is 55.3 Å². The predicted octanol–water partition coefficient (Wildman–Crippen LogP) is 2.95. The van der Waals surface area contributed by atoms with Crippen LogP contribution in [0.2, 0.25) is 5.02 Å². The van der Waals surface area contributed by atoms with Crippen LogP contribution in [0.1, 0.15) is 16.7 Å². The van der Waals surface area contributed by atoms with Crippen molar-refractivity contribution in [2.75, 3.05) is 32.2 Å². The van der Waals surface area contributed by atoms with Crippen LogP contribution in [0.3, 0.4) is 0 Å². The van der Waals surface area contributed by atoms with Crippen LogP contribution in [0.4, 0.5) is 5.69 Å². The van der Waals surface area contributed by atoms with Crippen LogP contribution < -0.4 is 20.8 Å². The molecule has 0 saturated carbocycles. The van der Waals surface area contributed by atoms with Crippen LogP contribution in [0.15, 0.2) is 39.9 Å². The molecule has 2 aromatic rings. The maximum absolute atomic E-state index is 12.4. The molecule has 0 spiro atoms. The Morgan fingerprint density at radius 1 is 1.12 bits per heavy atom. The van der Waals surface area contributed by atoms with Crippen molar-refractivity contribution in [1.29, 1.82) is 0 Å². The number of halogens is 2. The Hall–Kier alpha value is -2.95. The second-order valence-corrected chi connectivity index (χ2v) is 8.23. The fraction of sp³-hybridized carbons (Fsp3) is 0.273. The summed E-state index contributed by atoms with van der Waals surface area (Å²) in [5.41, 5.74) is 5.07. The Balaban J connectivity index is 1.99. The first kappa shape index (κ1) is 26.3. The molecule has 0 bridgehead atoms. The van der Waals surface area contributed by atoms with E-state index in [0.29, 0.717) is 16.3 Å². The van der Waals surface area contributed by atoms with Gasteiger partial charge in [-0.25, -0.2) is 5.43 Å². The van der Waals surface area contributed by atoms with Gasteiger partial charge in [0, 0.05) is 34.4 Å². The molecule has 2 rings (SSSR count). The van der Waals surface area contributed by atoms with E-state index in [-0.39, 0.29) is 25.7 Å². The summed E-state index contributed by atoms with van der Waals surface area (Å²) in [7, 11) is 1.48. The van der Waals surface area contributed by atoms with Crippen LogP contribution in [0, 0.1) is 13.8 Å². The van der Waals surface area contributed by atoms with Crippen molar-refractivity contribution < 1.29 is 23.9 Å². The number of rotatable bonds is 9. The maximum atomic E-state index is 12.4. The number of nitrogens with zero attached hydrogens (tertiary/aromatic N) is 1. The molecule has 0 aliphatic carbocycles. The van der Waals surface area contributed by atoms with E-state index in [4.69, 9.17) is 21.1 Å². The summed E-state index contributed by atoms with van der Waals surface area (Å²) in [4.78, 5) is 35.8. The maximum Gasteiger partial charge on any atom is 0.329 e. The monoisotopic (exact) mass is 538 g/mol. The van der Waals surface area contributed by atoms with Crippen molar-refractivity contribution in [1.82, 2.24) is 10.7 Å². The highest BCUT2D eigenvalue weighted by Gasteiger charge is 2.13. The summed E-state index contributed by atoms with van der Waals surface area (Å²) in [5.74, 6) is -1.81. The number of carbonyl (C=O) groups excluding carboxylic acids is 3. The topological polar surface area (TPSA) is 118 Å². The molecule has 0 saturated heterocycles. The number of ether oxygens (including phenoxy) is 2. The second-order valence-electron chi connectivity index (χ2n) is 6.88. The fourth-order valence-electron chi connectivity index (χ4n) is 2.74. The van der Waals surface area contributed by atoms with Gasteiger partial charge in [0.05, 0.1) is 12.8 Å². The third-order valence-electron chi connectivity index (χ3n) is 4.26. The number of hydrogen-bond donors (Lipinski definition) is 3.